The first-order chi connectivity index (χ1) is 10.5. The maximum atomic E-state index is 11.7. The zero-order chi connectivity index (χ0) is 18.1. The zero-order valence-electron chi connectivity index (χ0n) is 15.0. The number of hydrogen-bond acceptors (Lipinski definition) is 4. The van der Waals surface area contributed by atoms with E-state index in [1.165, 1.54) is 13.1 Å². The molecule has 0 bridgehead atoms. The number of carbonyl (C=O) groups excluding carboxylic acids is 2. The van der Waals surface area contributed by atoms with E-state index in [1.807, 2.05) is 0 Å². The van der Waals surface area contributed by atoms with Crippen LogP contribution in [0.4, 0.5) is 4.79 Å². The molecular formula is C16H32N4O2S. The van der Waals surface area contributed by atoms with Crippen molar-refractivity contribution < 1.29 is 9.59 Å². The van der Waals surface area contributed by atoms with Crippen LogP contribution in [-0.4, -0.2) is 49.4 Å². The lowest BCUT2D eigenvalue weighted by Crippen LogP contribution is -2.49. The lowest BCUT2D eigenvalue weighted by molar-refractivity contribution is -0.121. The average molecular weight is 345 g/mol. The quantitative estimate of drug-likeness (QED) is 0.235. The summed E-state index contributed by atoms with van der Waals surface area (Å²) in [4.78, 5) is 23.1. The van der Waals surface area contributed by atoms with Crippen molar-refractivity contribution in [2.24, 2.45) is 5.41 Å². The van der Waals surface area contributed by atoms with E-state index in [-0.39, 0.29) is 16.1 Å². The number of nitrogens with one attached hydrogen (secondary N) is 4. The predicted octanol–water partition coefficient (Wildman–Crippen LogP) is 1.30. The number of urea groups is 1. The van der Waals surface area contributed by atoms with Gasteiger partial charge in [-0.2, -0.15) is 12.6 Å². The molecular weight excluding hydrogens is 312 g/mol. The monoisotopic (exact) mass is 344 g/mol. The van der Waals surface area contributed by atoms with Crippen molar-refractivity contribution in [3.8, 4) is 0 Å². The lowest BCUT2D eigenvalue weighted by Gasteiger charge is -2.32. The van der Waals surface area contributed by atoms with E-state index < -0.39 is 12.1 Å². The smallest absolute Gasteiger partial charge is 0.315 e. The number of carbonyl (C=O) groups is 2. The first-order valence-electron chi connectivity index (χ1n) is 7.82. The van der Waals surface area contributed by atoms with Crippen LogP contribution >= 0.6 is 12.6 Å². The Morgan fingerprint density at radius 3 is 2.30 bits per heavy atom. The Hall–Kier alpha value is -1.21. The van der Waals surface area contributed by atoms with Gasteiger partial charge in [-0.05, 0) is 11.8 Å². The molecule has 0 saturated carbocycles. The molecule has 3 amide bonds. The van der Waals surface area contributed by atoms with E-state index in [4.69, 9.17) is 0 Å². The van der Waals surface area contributed by atoms with Gasteiger partial charge in [0.2, 0.25) is 5.91 Å². The van der Waals surface area contributed by atoms with Crippen LogP contribution in [0.5, 0.6) is 0 Å². The summed E-state index contributed by atoms with van der Waals surface area (Å²) < 4.78 is -0.0110. The maximum absolute atomic E-state index is 11.7. The molecule has 0 aliphatic rings. The third kappa shape index (κ3) is 11.0. The Balaban J connectivity index is 3.97. The minimum atomic E-state index is -0.732. The molecule has 0 radical (unpaired) electrons. The van der Waals surface area contributed by atoms with Gasteiger partial charge in [0.15, 0.2) is 0 Å². The van der Waals surface area contributed by atoms with Gasteiger partial charge in [0.25, 0.3) is 0 Å². The van der Waals surface area contributed by atoms with Crippen molar-refractivity contribution >= 4 is 24.6 Å². The second-order valence-electron chi connectivity index (χ2n) is 7.06. The van der Waals surface area contributed by atoms with Gasteiger partial charge in [0, 0.05) is 31.4 Å². The van der Waals surface area contributed by atoms with Gasteiger partial charge in [-0.1, -0.05) is 33.8 Å². The summed E-state index contributed by atoms with van der Waals surface area (Å²) in [6.45, 7) is 14.1. The number of rotatable bonds is 10. The first kappa shape index (κ1) is 21.8. The van der Waals surface area contributed by atoms with Crippen LogP contribution in [-0.2, 0) is 4.79 Å². The van der Waals surface area contributed by atoms with Crippen LogP contribution in [0.15, 0.2) is 12.7 Å². The third-order valence-corrected chi connectivity index (χ3v) is 3.31. The maximum Gasteiger partial charge on any atom is 0.315 e. The summed E-state index contributed by atoms with van der Waals surface area (Å²) in [5.41, 5.74) is 0.126. The Bertz CT molecular complexity index is 405. The molecule has 0 aromatic carbocycles. The summed E-state index contributed by atoms with van der Waals surface area (Å²) in [5.74, 6) is -0.301. The molecule has 6 nitrogen and oxygen atoms in total. The van der Waals surface area contributed by atoms with Crippen molar-refractivity contribution in [2.75, 3.05) is 26.7 Å². The molecule has 0 unspecified atom stereocenters. The number of thiol groups is 1. The highest BCUT2D eigenvalue weighted by molar-refractivity contribution is 7.81. The fourth-order valence-electron chi connectivity index (χ4n) is 2.50. The van der Waals surface area contributed by atoms with Gasteiger partial charge in [0.1, 0.15) is 6.04 Å². The average Bonchev–Trinajstić information content (AvgIpc) is 2.40. The number of hydrogen-bond donors (Lipinski definition) is 5. The highest BCUT2D eigenvalue weighted by Crippen LogP contribution is 2.30. The second kappa shape index (κ2) is 9.82. The fourth-order valence-corrected chi connectivity index (χ4v) is 2.93. The van der Waals surface area contributed by atoms with Gasteiger partial charge >= 0.3 is 6.03 Å². The molecule has 0 saturated heterocycles. The van der Waals surface area contributed by atoms with Crippen molar-refractivity contribution in [1.82, 2.24) is 21.3 Å². The summed E-state index contributed by atoms with van der Waals surface area (Å²) in [6, 6.07) is -1.12. The largest absolute Gasteiger partial charge is 0.357 e. The predicted molar refractivity (Wildman–Crippen MR) is 98.9 cm³/mol. The molecule has 134 valence electrons. The minimum Gasteiger partial charge on any atom is -0.357 e. The van der Waals surface area contributed by atoms with Crippen molar-refractivity contribution in [1.29, 1.82) is 0 Å². The van der Waals surface area contributed by atoms with Crippen molar-refractivity contribution in [3.63, 3.8) is 0 Å². The number of likely N-dealkylation sites (N-methyl/N-ethyl adjacent to an activating group) is 1. The van der Waals surface area contributed by atoms with Gasteiger partial charge in [0.05, 0.1) is 0 Å². The SMILES string of the molecule is C=C[C@@H](NC(=O)NCCNCC(C)(C)CC(C)(C)S)C(=O)NC. The van der Waals surface area contributed by atoms with Crippen LogP contribution in [0.1, 0.15) is 34.1 Å². The van der Waals surface area contributed by atoms with Crippen LogP contribution in [0.3, 0.4) is 0 Å². The van der Waals surface area contributed by atoms with E-state index in [0.717, 1.165) is 13.0 Å². The standard InChI is InChI=1S/C16H32N4O2S/c1-7-12(13(21)17-6)20-14(22)19-9-8-18-11-15(2,3)10-16(4,5)23/h7,12,18,23H,1,8-11H2,2-6H3,(H,17,21)(H2,19,20,22)/t12-/m1/s1. The summed E-state index contributed by atoms with van der Waals surface area (Å²) in [6.07, 6.45) is 2.37. The molecule has 4 N–H and O–H groups in total. The van der Waals surface area contributed by atoms with Gasteiger partial charge in [-0.25, -0.2) is 4.79 Å². The van der Waals surface area contributed by atoms with E-state index in [9.17, 15) is 9.59 Å². The summed E-state index contributed by atoms with van der Waals surface area (Å²) in [7, 11) is 1.51. The topological polar surface area (TPSA) is 82.3 Å². The minimum absolute atomic E-state index is 0.0110. The Labute approximate surface area is 145 Å². The molecule has 0 aliphatic carbocycles. The fraction of sp³-hybridized carbons (Fsp3) is 0.750. The molecule has 23 heavy (non-hydrogen) atoms. The third-order valence-electron chi connectivity index (χ3n) is 3.15. The molecule has 1 atom stereocenters. The van der Waals surface area contributed by atoms with Crippen molar-refractivity contribution in [2.45, 2.75) is 44.9 Å². The Morgan fingerprint density at radius 2 is 1.83 bits per heavy atom. The van der Waals surface area contributed by atoms with Crippen LogP contribution in [0.2, 0.25) is 0 Å². The van der Waals surface area contributed by atoms with Crippen LogP contribution in [0, 0.1) is 5.41 Å². The highest BCUT2D eigenvalue weighted by Gasteiger charge is 2.25. The van der Waals surface area contributed by atoms with Crippen molar-refractivity contribution in [3.05, 3.63) is 12.7 Å². The van der Waals surface area contributed by atoms with E-state index in [0.29, 0.717) is 13.1 Å². The van der Waals surface area contributed by atoms with E-state index in [2.05, 4.69) is 68.2 Å². The molecule has 0 aromatic heterocycles. The zero-order valence-corrected chi connectivity index (χ0v) is 15.8. The number of amides is 3. The molecule has 0 aliphatic heterocycles. The first-order valence-corrected chi connectivity index (χ1v) is 8.27. The molecule has 0 rings (SSSR count). The van der Waals surface area contributed by atoms with Crippen LogP contribution < -0.4 is 21.3 Å². The summed E-state index contributed by atoms with van der Waals surface area (Å²) >= 11 is 4.57. The Morgan fingerprint density at radius 1 is 1.22 bits per heavy atom. The molecule has 0 aromatic rings. The second-order valence-corrected chi connectivity index (χ2v) is 8.27. The molecule has 7 heteroatoms. The van der Waals surface area contributed by atoms with Gasteiger partial charge < -0.3 is 21.3 Å². The molecule has 0 fully saturated rings. The molecule has 0 spiro atoms. The lowest BCUT2D eigenvalue weighted by atomic mass is 9.83. The summed E-state index contributed by atoms with van der Waals surface area (Å²) in [5, 5.41) is 11.0. The highest BCUT2D eigenvalue weighted by atomic mass is 32.1. The normalized spacial score (nSPS) is 13.1. The molecule has 0 heterocycles. The van der Waals surface area contributed by atoms with Crippen LogP contribution in [0.25, 0.3) is 0 Å². The van der Waals surface area contributed by atoms with Gasteiger partial charge in [-0.15, -0.1) is 6.58 Å². The van der Waals surface area contributed by atoms with E-state index >= 15 is 0 Å². The Kier molecular flexibility index (Phi) is 9.31. The van der Waals surface area contributed by atoms with E-state index in [1.54, 1.807) is 0 Å². The van der Waals surface area contributed by atoms with Gasteiger partial charge in [-0.3, -0.25) is 4.79 Å².